The third-order valence-corrected chi connectivity index (χ3v) is 13.4. The molecule has 0 spiro atoms. The lowest BCUT2D eigenvalue weighted by atomic mass is 10.1. The third kappa shape index (κ3) is 24.5. The number of hydrogen-bond acceptors (Lipinski definition) is 20. The Labute approximate surface area is 613 Å². The number of amides is 1. The molecule has 8 aromatic heterocycles. The lowest BCUT2D eigenvalue weighted by molar-refractivity contribution is -0.385. The second-order valence-corrected chi connectivity index (χ2v) is 21.8. The van der Waals surface area contributed by atoms with Gasteiger partial charge in [0.1, 0.15) is 47.4 Å². The maximum absolute atomic E-state index is 14.8. The van der Waals surface area contributed by atoms with Crippen molar-refractivity contribution in [1.29, 1.82) is 0 Å². The van der Waals surface area contributed by atoms with Gasteiger partial charge in [0.2, 0.25) is 29.4 Å². The SMILES string of the molecule is C.C.C.C.C.C.C.CC(C)O.CC(C)n1ccc2ncnc(Oc3ccc(N)cc3F)c21.CC(C)n1ccc2ncnc(Oc3ccc(NC(=S)NC(=O)Cc4ccccc4)cc3F)c21.CO.Nc1ccc(Oc2ncnc3cc[nH]c23)c(F)c1.O=[N+]([O-])c1ccc(Oc2ncnc3cc[nH]c23)c(F)c1. The van der Waals surface area contributed by atoms with Crippen molar-refractivity contribution < 1.29 is 56.4 Å². The molecule has 0 fully saturated rings. The smallest absolute Gasteiger partial charge is 0.272 e. The van der Waals surface area contributed by atoms with Gasteiger partial charge in [-0.15, -0.1) is 0 Å². The number of nitro groups is 1. The van der Waals surface area contributed by atoms with Crippen LogP contribution >= 0.6 is 12.2 Å². The molecule has 562 valence electrons. The number of aliphatic hydroxyl groups is 2. The van der Waals surface area contributed by atoms with E-state index in [-0.39, 0.29) is 134 Å². The number of aromatic amines is 2. The van der Waals surface area contributed by atoms with Gasteiger partial charge in [-0.1, -0.05) is 82.3 Å². The number of hydrogen-bond donors (Lipinski definition) is 8. The molecule has 0 atom stereocenters. The summed E-state index contributed by atoms with van der Waals surface area (Å²) in [7, 11) is 1.00. The van der Waals surface area contributed by atoms with E-state index in [1.807, 2.05) is 91.7 Å². The van der Waals surface area contributed by atoms with Gasteiger partial charge in [-0.05, 0) is 126 Å². The number of ether oxygens (including phenoxy) is 4. The number of thiocarbonyl (C=S) groups is 1. The Balaban J connectivity index is 0.000000684. The molecular weight excluding hydrogens is 1380 g/mol. The minimum absolute atomic E-state index is 0. The molecule has 0 aliphatic carbocycles. The fraction of sp³-hybridized carbons (Fsp3) is 0.243. The van der Waals surface area contributed by atoms with Crippen molar-refractivity contribution in [3.05, 3.63) is 216 Å². The first kappa shape index (κ1) is 90.8. The average Bonchev–Trinajstić information content (AvgIpc) is 1.66. The number of rotatable bonds is 14. The lowest BCUT2D eigenvalue weighted by Crippen LogP contribution is -2.35. The number of aromatic nitrogens is 12. The summed E-state index contributed by atoms with van der Waals surface area (Å²) in [6, 6.07) is 32.9. The van der Waals surface area contributed by atoms with E-state index >= 15 is 0 Å². The molecule has 0 radical (unpaired) electrons. The number of aliphatic hydroxyl groups excluding tert-OH is 2. The minimum Gasteiger partial charge on any atom is -0.434 e. The molecule has 31 heteroatoms. The van der Waals surface area contributed by atoms with E-state index in [2.05, 4.69) is 60.5 Å². The highest BCUT2D eigenvalue weighted by molar-refractivity contribution is 7.80. The van der Waals surface area contributed by atoms with Crippen molar-refractivity contribution >= 4 is 90.1 Å². The highest BCUT2D eigenvalue weighted by Crippen LogP contribution is 2.35. The summed E-state index contributed by atoms with van der Waals surface area (Å²) < 4.78 is 82.1. The van der Waals surface area contributed by atoms with Crippen molar-refractivity contribution in [2.24, 2.45) is 0 Å². The van der Waals surface area contributed by atoms with Gasteiger partial charge in [0.15, 0.2) is 51.4 Å². The number of nitrogens with one attached hydrogen (secondary N) is 4. The van der Waals surface area contributed by atoms with Crippen LogP contribution in [0.5, 0.6) is 46.5 Å². The van der Waals surface area contributed by atoms with E-state index in [1.54, 1.807) is 56.6 Å². The molecule has 0 aliphatic heterocycles. The number of halogens is 4. The van der Waals surface area contributed by atoms with Gasteiger partial charge in [0, 0.05) is 91.4 Å². The molecule has 10 N–H and O–H groups in total. The van der Waals surface area contributed by atoms with Crippen molar-refractivity contribution in [3.8, 4) is 46.5 Å². The van der Waals surface area contributed by atoms with Crippen LogP contribution < -0.4 is 41.0 Å². The highest BCUT2D eigenvalue weighted by Gasteiger charge is 2.20. The summed E-state index contributed by atoms with van der Waals surface area (Å²) in [6.07, 6.45) is 12.6. The van der Waals surface area contributed by atoms with Gasteiger partial charge in [-0.25, -0.2) is 37.5 Å². The number of benzene rings is 5. The molecule has 1 amide bonds. The largest absolute Gasteiger partial charge is 0.434 e. The zero-order chi connectivity index (χ0) is 70.6. The Morgan fingerprint density at radius 1 is 0.533 bits per heavy atom. The van der Waals surface area contributed by atoms with Crippen LogP contribution in [0.25, 0.3) is 44.1 Å². The molecule has 105 heavy (non-hydrogen) atoms. The van der Waals surface area contributed by atoms with Crippen LogP contribution in [0.2, 0.25) is 0 Å². The van der Waals surface area contributed by atoms with E-state index in [0.29, 0.717) is 56.0 Å². The zero-order valence-corrected chi connectivity index (χ0v) is 54.2. The Morgan fingerprint density at radius 2 is 0.905 bits per heavy atom. The van der Waals surface area contributed by atoms with Crippen LogP contribution in [-0.4, -0.2) is 98.3 Å². The number of nitrogens with zero attached hydrogens (tertiary/aromatic N) is 11. The molecule has 8 heterocycles. The second-order valence-electron chi connectivity index (χ2n) is 21.4. The summed E-state index contributed by atoms with van der Waals surface area (Å²) in [5.74, 6) is -1.74. The van der Waals surface area contributed by atoms with Crippen LogP contribution in [0.1, 0.15) is 111 Å². The number of nitrogen functional groups attached to an aromatic ring is 2. The normalized spacial score (nSPS) is 9.94. The van der Waals surface area contributed by atoms with Crippen LogP contribution in [0, 0.1) is 33.4 Å². The Hall–Kier alpha value is -12.2. The maximum Gasteiger partial charge on any atom is 0.272 e. The molecule has 0 saturated heterocycles. The van der Waals surface area contributed by atoms with Crippen molar-refractivity contribution in [2.45, 2.75) is 118 Å². The van der Waals surface area contributed by atoms with Crippen molar-refractivity contribution in [3.63, 3.8) is 0 Å². The standard InChI is InChI=1S/C24H22FN5O2S.C15H15FN4O.C12H7FN4O3.C12H9FN4O.C3H8O.CH4O.7CH4/c1-15(2)30-11-10-19-22(30)23(27-14-26-19)32-20-9-8-17(13-18(20)25)28-24(33)29-21(31)12-16-6-4-3-5-7-16;1-9(2)20-6-5-12-14(20)15(19-8-18-12)21-13-4-3-10(17)7-11(13)16;13-8-5-7(17(18)19)1-2-10(8)20-12-11-9(3-4-14-11)15-6-16-12;13-8-5-7(14)1-2-10(8)18-12-11-9(3-4-15-11)16-6-17-12;1-3(2)4;1-2;;;;;;;/h3-11,13-15H,12H2,1-2H3,(H2,28,29,31,33);3-9H,17H2,1-2H3;1-6,14H;1-6,15H,14H2;3-4H,1-2H3;2H,1H3;7*1H4. The molecular formula is C74H93F4N17O9S. The van der Waals surface area contributed by atoms with E-state index in [9.17, 15) is 32.5 Å². The summed E-state index contributed by atoms with van der Waals surface area (Å²) in [5, 5.41) is 31.1. The monoisotopic (exact) mass is 1470 g/mol. The van der Waals surface area contributed by atoms with Gasteiger partial charge in [0.25, 0.3) is 5.69 Å². The number of H-pyrrole nitrogens is 2. The summed E-state index contributed by atoms with van der Waals surface area (Å²) in [6.45, 7) is 11.6. The fourth-order valence-corrected chi connectivity index (χ4v) is 9.10. The van der Waals surface area contributed by atoms with Crippen LogP contribution in [0.4, 0.5) is 40.3 Å². The quantitative estimate of drug-likeness (QED) is 0.0165. The molecule has 13 rings (SSSR count). The van der Waals surface area contributed by atoms with Crippen molar-refractivity contribution in [1.82, 2.24) is 64.3 Å². The molecule has 0 bridgehead atoms. The topological polar surface area (TPSA) is 358 Å². The first-order valence-electron chi connectivity index (χ1n) is 29.6. The molecule has 0 unspecified atom stereocenters. The number of carbonyl (C=O) groups is 1. The van der Waals surface area contributed by atoms with Crippen LogP contribution in [-0.2, 0) is 11.2 Å². The zero-order valence-electron chi connectivity index (χ0n) is 53.4. The van der Waals surface area contributed by atoms with Gasteiger partial charge >= 0.3 is 0 Å². The van der Waals surface area contributed by atoms with Gasteiger partial charge in [-0.3, -0.25) is 14.9 Å². The molecule has 0 aliphatic rings. The summed E-state index contributed by atoms with van der Waals surface area (Å²) in [4.78, 5) is 60.5. The Bertz CT molecular complexity index is 4860. The molecule has 5 aromatic carbocycles. The van der Waals surface area contributed by atoms with E-state index in [1.165, 1.54) is 67.8 Å². The molecule has 26 nitrogen and oxygen atoms in total. The predicted octanol–water partition coefficient (Wildman–Crippen LogP) is 18.2. The van der Waals surface area contributed by atoms with Gasteiger partial charge in [-0.2, -0.15) is 19.9 Å². The predicted molar refractivity (Wildman–Crippen MR) is 412 cm³/mol. The molecule has 13 aromatic rings. The van der Waals surface area contributed by atoms with Crippen LogP contribution in [0.3, 0.4) is 0 Å². The van der Waals surface area contributed by atoms with Gasteiger partial charge in [0.05, 0.1) is 39.5 Å². The van der Waals surface area contributed by atoms with E-state index in [4.69, 9.17) is 52.8 Å². The lowest BCUT2D eigenvalue weighted by Gasteiger charge is -2.13. The number of non-ortho nitro benzene ring substituents is 1. The van der Waals surface area contributed by atoms with E-state index in [0.717, 1.165) is 35.8 Å². The average molecular weight is 1470 g/mol. The fourth-order valence-electron chi connectivity index (χ4n) is 8.87. The highest BCUT2D eigenvalue weighted by atomic mass is 32.1. The van der Waals surface area contributed by atoms with Crippen LogP contribution in [0.15, 0.2) is 177 Å². The summed E-state index contributed by atoms with van der Waals surface area (Å²) >= 11 is 5.17. The third-order valence-electron chi connectivity index (χ3n) is 13.2. The number of carbonyl (C=O) groups excluding carboxylic acids is 1. The molecule has 0 saturated carbocycles. The Kier molecular flexibility index (Phi) is 37.1. The number of nitrogens with two attached hydrogens (primary N) is 2. The first-order valence-corrected chi connectivity index (χ1v) is 30.0. The van der Waals surface area contributed by atoms with Crippen molar-refractivity contribution in [2.75, 3.05) is 23.9 Å². The number of anilines is 3. The van der Waals surface area contributed by atoms with Gasteiger partial charge < -0.3 is 70.4 Å². The summed E-state index contributed by atoms with van der Waals surface area (Å²) in [5.41, 5.74) is 18.0. The number of nitro benzene ring substituents is 1. The first-order chi connectivity index (χ1) is 47.1. The minimum atomic E-state index is -0.836. The van der Waals surface area contributed by atoms with E-state index < -0.39 is 28.2 Å². The second kappa shape index (κ2) is 42.9. The number of fused-ring (bicyclic) bond motifs is 4. The Morgan fingerprint density at radius 3 is 1.30 bits per heavy atom. The maximum atomic E-state index is 14.8.